The molecule has 1 aromatic rings. The van der Waals surface area contributed by atoms with Crippen molar-refractivity contribution in [1.82, 2.24) is 4.98 Å². The Kier molecular flexibility index (Phi) is 4.16. The zero-order chi connectivity index (χ0) is 13.1. The number of pyridine rings is 1. The Balaban J connectivity index is 1.99. The third-order valence-corrected chi connectivity index (χ3v) is 4.21. The summed E-state index contributed by atoms with van der Waals surface area (Å²) in [6.07, 6.45) is 5.12. The molecule has 1 aromatic heterocycles. The van der Waals surface area contributed by atoms with Crippen LogP contribution in [0, 0.1) is 22.0 Å². The number of nitrogens with zero attached hydrogens (tertiary/aromatic N) is 2. The third-order valence-electron chi connectivity index (χ3n) is 3.61. The van der Waals surface area contributed by atoms with E-state index in [-0.39, 0.29) is 5.69 Å². The van der Waals surface area contributed by atoms with E-state index in [1.807, 2.05) is 0 Å². The maximum atomic E-state index is 10.6. The highest BCUT2D eigenvalue weighted by molar-refractivity contribution is 9.10. The molecule has 0 spiro atoms. The van der Waals surface area contributed by atoms with Crippen LogP contribution in [0.15, 0.2) is 16.7 Å². The molecular weight excluding hydrogens is 298 g/mol. The van der Waals surface area contributed by atoms with Crippen LogP contribution in [0.5, 0.6) is 0 Å². The van der Waals surface area contributed by atoms with Crippen LogP contribution in [0.4, 0.5) is 11.5 Å². The molecule has 2 atom stereocenters. The molecule has 0 amide bonds. The monoisotopic (exact) mass is 313 g/mol. The first-order valence-corrected chi connectivity index (χ1v) is 6.91. The summed E-state index contributed by atoms with van der Waals surface area (Å²) < 4.78 is 0.641. The van der Waals surface area contributed by atoms with Crippen molar-refractivity contribution in [2.75, 3.05) is 11.9 Å². The van der Waals surface area contributed by atoms with Gasteiger partial charge in [-0.1, -0.05) is 19.8 Å². The number of aromatic nitrogens is 1. The summed E-state index contributed by atoms with van der Waals surface area (Å²) in [5, 5.41) is 13.9. The van der Waals surface area contributed by atoms with Gasteiger partial charge in [-0.2, -0.15) is 0 Å². The molecule has 6 heteroatoms. The molecule has 0 saturated heterocycles. The van der Waals surface area contributed by atoms with E-state index in [9.17, 15) is 10.1 Å². The minimum atomic E-state index is -0.444. The van der Waals surface area contributed by atoms with Gasteiger partial charge < -0.3 is 5.32 Å². The van der Waals surface area contributed by atoms with Crippen LogP contribution in [0.25, 0.3) is 0 Å². The molecule has 0 aromatic carbocycles. The zero-order valence-corrected chi connectivity index (χ0v) is 11.8. The Morgan fingerprint density at radius 3 is 2.94 bits per heavy atom. The van der Waals surface area contributed by atoms with Crippen LogP contribution in [-0.4, -0.2) is 16.5 Å². The van der Waals surface area contributed by atoms with E-state index in [1.165, 1.54) is 31.5 Å². The highest BCUT2D eigenvalue weighted by atomic mass is 79.9. The predicted molar refractivity (Wildman–Crippen MR) is 73.6 cm³/mol. The third kappa shape index (κ3) is 2.98. The normalized spacial score (nSPS) is 23.0. The molecule has 0 aliphatic heterocycles. The summed E-state index contributed by atoms with van der Waals surface area (Å²) >= 11 is 3.31. The number of rotatable bonds is 4. The van der Waals surface area contributed by atoms with E-state index in [4.69, 9.17) is 0 Å². The molecule has 5 nitrogen and oxygen atoms in total. The number of halogens is 1. The van der Waals surface area contributed by atoms with Gasteiger partial charge in [0, 0.05) is 12.6 Å². The SMILES string of the molecule is CC1CCCC1CNc1ncc([N+](=O)[O-])cc1Br. The van der Waals surface area contributed by atoms with Gasteiger partial charge in [-0.05, 0) is 34.2 Å². The second-order valence-corrected chi connectivity index (χ2v) is 5.68. The number of hydrogen-bond acceptors (Lipinski definition) is 4. The number of nitrogens with one attached hydrogen (secondary N) is 1. The summed E-state index contributed by atoms with van der Waals surface area (Å²) in [5.41, 5.74) is 0.00154. The van der Waals surface area contributed by atoms with Crippen molar-refractivity contribution in [2.24, 2.45) is 11.8 Å². The average molecular weight is 314 g/mol. The first-order chi connectivity index (χ1) is 8.58. The maximum absolute atomic E-state index is 10.6. The summed E-state index contributed by atoms with van der Waals surface area (Å²) in [6.45, 7) is 3.15. The van der Waals surface area contributed by atoms with E-state index in [2.05, 4.69) is 33.2 Å². The van der Waals surface area contributed by atoms with Gasteiger partial charge in [0.05, 0.1) is 9.40 Å². The molecule has 2 unspecified atom stereocenters. The van der Waals surface area contributed by atoms with Gasteiger partial charge in [0.2, 0.25) is 0 Å². The van der Waals surface area contributed by atoms with Crippen LogP contribution in [0.1, 0.15) is 26.2 Å². The molecule has 1 saturated carbocycles. The van der Waals surface area contributed by atoms with Gasteiger partial charge in [0.25, 0.3) is 5.69 Å². The van der Waals surface area contributed by atoms with Gasteiger partial charge in [-0.15, -0.1) is 0 Å². The fraction of sp³-hybridized carbons (Fsp3) is 0.583. The Hall–Kier alpha value is -1.17. The lowest BCUT2D eigenvalue weighted by Gasteiger charge is -2.16. The van der Waals surface area contributed by atoms with E-state index >= 15 is 0 Å². The van der Waals surface area contributed by atoms with Crippen molar-refractivity contribution in [2.45, 2.75) is 26.2 Å². The van der Waals surface area contributed by atoms with Crippen molar-refractivity contribution >= 4 is 27.4 Å². The second kappa shape index (κ2) is 5.65. The fourth-order valence-electron chi connectivity index (χ4n) is 2.41. The van der Waals surface area contributed by atoms with Crippen molar-refractivity contribution in [3.63, 3.8) is 0 Å². The molecule has 1 fully saturated rings. The number of nitro groups is 1. The molecule has 1 aliphatic rings. The molecule has 2 rings (SSSR count). The lowest BCUT2D eigenvalue weighted by atomic mass is 9.98. The van der Waals surface area contributed by atoms with Gasteiger partial charge in [-0.25, -0.2) is 4.98 Å². The van der Waals surface area contributed by atoms with E-state index in [0.717, 1.165) is 12.5 Å². The highest BCUT2D eigenvalue weighted by Gasteiger charge is 2.23. The smallest absolute Gasteiger partial charge is 0.288 e. The zero-order valence-electron chi connectivity index (χ0n) is 10.2. The van der Waals surface area contributed by atoms with Crippen LogP contribution >= 0.6 is 15.9 Å². The second-order valence-electron chi connectivity index (χ2n) is 4.83. The molecule has 98 valence electrons. The Labute approximate surface area is 114 Å². The van der Waals surface area contributed by atoms with Crippen LogP contribution in [0.3, 0.4) is 0 Å². The first kappa shape index (κ1) is 13.3. The van der Waals surface area contributed by atoms with Gasteiger partial charge in [0.1, 0.15) is 12.0 Å². The Bertz CT molecular complexity index is 453. The Morgan fingerprint density at radius 2 is 2.39 bits per heavy atom. The Morgan fingerprint density at radius 1 is 1.61 bits per heavy atom. The van der Waals surface area contributed by atoms with Crippen LogP contribution in [-0.2, 0) is 0 Å². The van der Waals surface area contributed by atoms with Crippen molar-refractivity contribution < 1.29 is 4.92 Å². The van der Waals surface area contributed by atoms with Crippen LogP contribution < -0.4 is 5.32 Å². The predicted octanol–water partition coefficient (Wildman–Crippen LogP) is 3.60. The fourth-order valence-corrected chi connectivity index (χ4v) is 2.89. The lowest BCUT2D eigenvalue weighted by molar-refractivity contribution is -0.385. The molecule has 0 bridgehead atoms. The molecule has 0 radical (unpaired) electrons. The summed E-state index contributed by atoms with van der Waals surface area (Å²) in [4.78, 5) is 14.2. The molecule has 1 heterocycles. The lowest BCUT2D eigenvalue weighted by Crippen LogP contribution is -2.17. The largest absolute Gasteiger partial charge is 0.369 e. The topological polar surface area (TPSA) is 68.1 Å². The number of anilines is 1. The molecule has 1 N–H and O–H groups in total. The quantitative estimate of drug-likeness (QED) is 0.681. The van der Waals surface area contributed by atoms with Gasteiger partial charge >= 0.3 is 0 Å². The minimum Gasteiger partial charge on any atom is -0.369 e. The minimum absolute atomic E-state index is 0.00154. The molecular formula is C12H16BrN3O2. The van der Waals surface area contributed by atoms with E-state index in [0.29, 0.717) is 16.2 Å². The van der Waals surface area contributed by atoms with Crippen molar-refractivity contribution in [1.29, 1.82) is 0 Å². The summed E-state index contributed by atoms with van der Waals surface area (Å²) in [6, 6.07) is 1.48. The average Bonchev–Trinajstić information content (AvgIpc) is 2.73. The number of hydrogen-bond donors (Lipinski definition) is 1. The van der Waals surface area contributed by atoms with Gasteiger partial charge in [0.15, 0.2) is 0 Å². The van der Waals surface area contributed by atoms with Crippen molar-refractivity contribution in [3.8, 4) is 0 Å². The maximum Gasteiger partial charge on any atom is 0.288 e. The van der Waals surface area contributed by atoms with E-state index < -0.39 is 4.92 Å². The molecule has 1 aliphatic carbocycles. The standard InChI is InChI=1S/C12H16BrN3O2/c1-8-3-2-4-9(8)6-14-12-11(13)5-10(7-15-12)16(17)18/h5,7-9H,2-4,6H2,1H3,(H,14,15). The molecule has 18 heavy (non-hydrogen) atoms. The van der Waals surface area contributed by atoms with Crippen LogP contribution in [0.2, 0.25) is 0 Å². The first-order valence-electron chi connectivity index (χ1n) is 6.11. The summed E-state index contributed by atoms with van der Waals surface area (Å²) in [7, 11) is 0. The van der Waals surface area contributed by atoms with Crippen molar-refractivity contribution in [3.05, 3.63) is 26.9 Å². The highest BCUT2D eigenvalue weighted by Crippen LogP contribution is 2.32. The summed E-state index contributed by atoms with van der Waals surface area (Å²) in [5.74, 6) is 2.10. The van der Waals surface area contributed by atoms with Gasteiger partial charge in [-0.3, -0.25) is 10.1 Å². The van der Waals surface area contributed by atoms with E-state index in [1.54, 1.807) is 0 Å².